The zero-order valence-corrected chi connectivity index (χ0v) is 15.4. The minimum absolute atomic E-state index is 0.0926. The fraction of sp³-hybridized carbons (Fsp3) is 0.812. The molecule has 0 spiro atoms. The molecule has 0 bridgehead atoms. The lowest BCUT2D eigenvalue weighted by Gasteiger charge is -2.21. The minimum Gasteiger partial charge on any atom is -0.355 e. The average Bonchev–Trinajstić information content (AvgIpc) is 2.89. The smallest absolute Gasteiger partial charge is 0.324 e. The molecular weight excluding hydrogens is 308 g/mol. The quantitative estimate of drug-likeness (QED) is 0.301. The molecule has 1 aliphatic heterocycles. The normalized spacial score (nSPS) is 16.5. The Morgan fingerprint density at radius 3 is 2.62 bits per heavy atom. The lowest BCUT2D eigenvalue weighted by Crippen LogP contribution is -2.46. The van der Waals surface area contributed by atoms with E-state index in [1.54, 1.807) is 7.05 Å². The molecule has 1 rings (SSSR count). The lowest BCUT2D eigenvalue weighted by atomic mass is 10.2. The van der Waals surface area contributed by atoms with Crippen LogP contribution < -0.4 is 16.0 Å². The number of carbonyl (C=O) groups is 2. The number of rotatable bonds is 10. The molecule has 138 valence electrons. The van der Waals surface area contributed by atoms with Gasteiger partial charge in [-0.2, -0.15) is 0 Å². The molecule has 1 aliphatic rings. The monoisotopic (exact) mass is 340 g/mol. The van der Waals surface area contributed by atoms with Crippen LogP contribution >= 0.6 is 0 Å². The summed E-state index contributed by atoms with van der Waals surface area (Å²) in [5.41, 5.74) is 0. The Balaban J connectivity index is 2.24. The number of guanidine groups is 1. The molecule has 1 fully saturated rings. The molecule has 0 aliphatic carbocycles. The van der Waals surface area contributed by atoms with Crippen LogP contribution in [0.2, 0.25) is 0 Å². The van der Waals surface area contributed by atoms with Crippen molar-refractivity contribution in [3.8, 4) is 0 Å². The van der Waals surface area contributed by atoms with Gasteiger partial charge in [-0.25, -0.2) is 4.79 Å². The molecule has 3 amide bonds. The summed E-state index contributed by atoms with van der Waals surface area (Å²) in [6.45, 7) is 10.7. The molecular formula is C16H32N6O2. The van der Waals surface area contributed by atoms with Gasteiger partial charge in [0.2, 0.25) is 5.91 Å². The molecule has 0 saturated carbocycles. The lowest BCUT2D eigenvalue weighted by molar-refractivity contribution is -0.124. The first kappa shape index (κ1) is 20.2. The standard InChI is InChI=1S/C16H32N6O2/c1-5-21(6-2)10-7-8-13(3)20-15(17-4)18-9-11-22-14(23)12-19-16(22)24/h13H,5-12H2,1-4H3,(H,19,24)(H2,17,18,20). The number of hydrogen-bond donors (Lipinski definition) is 3. The fourth-order valence-corrected chi connectivity index (χ4v) is 2.63. The van der Waals surface area contributed by atoms with E-state index < -0.39 is 0 Å². The second kappa shape index (κ2) is 10.9. The van der Waals surface area contributed by atoms with Gasteiger partial charge in [0.15, 0.2) is 5.96 Å². The van der Waals surface area contributed by atoms with Crippen LogP contribution in [0, 0.1) is 0 Å². The van der Waals surface area contributed by atoms with Crippen molar-refractivity contribution in [2.45, 2.75) is 39.7 Å². The Kier molecular flexibility index (Phi) is 9.14. The highest BCUT2D eigenvalue weighted by Gasteiger charge is 2.27. The maximum atomic E-state index is 11.5. The van der Waals surface area contributed by atoms with E-state index in [1.165, 1.54) is 4.90 Å². The van der Waals surface area contributed by atoms with Crippen LogP contribution in [0.4, 0.5) is 4.79 Å². The number of amides is 3. The Bertz CT molecular complexity index is 420. The maximum Gasteiger partial charge on any atom is 0.324 e. The van der Waals surface area contributed by atoms with Crippen LogP contribution in [0.15, 0.2) is 4.99 Å². The number of imide groups is 1. The fourth-order valence-electron chi connectivity index (χ4n) is 2.63. The van der Waals surface area contributed by atoms with Crippen LogP contribution in [-0.2, 0) is 4.79 Å². The number of aliphatic imine (C=N–C) groups is 1. The highest BCUT2D eigenvalue weighted by molar-refractivity contribution is 6.01. The Morgan fingerprint density at radius 1 is 1.38 bits per heavy atom. The molecule has 8 heteroatoms. The van der Waals surface area contributed by atoms with Gasteiger partial charge >= 0.3 is 6.03 Å². The topological polar surface area (TPSA) is 89.1 Å². The van der Waals surface area contributed by atoms with Crippen molar-refractivity contribution in [1.82, 2.24) is 25.8 Å². The van der Waals surface area contributed by atoms with Crippen LogP contribution in [-0.4, -0.2) is 80.1 Å². The molecule has 0 aromatic rings. The Labute approximate surface area is 145 Å². The van der Waals surface area contributed by atoms with E-state index >= 15 is 0 Å². The number of carbonyl (C=O) groups excluding carboxylic acids is 2. The van der Waals surface area contributed by atoms with Crippen molar-refractivity contribution in [1.29, 1.82) is 0 Å². The Hall–Kier alpha value is -1.83. The van der Waals surface area contributed by atoms with Gasteiger partial charge < -0.3 is 20.9 Å². The third kappa shape index (κ3) is 6.74. The number of hydrogen-bond acceptors (Lipinski definition) is 4. The van der Waals surface area contributed by atoms with Crippen LogP contribution in [0.3, 0.4) is 0 Å². The first-order valence-electron chi connectivity index (χ1n) is 8.79. The highest BCUT2D eigenvalue weighted by Crippen LogP contribution is 2.00. The summed E-state index contributed by atoms with van der Waals surface area (Å²) in [6.07, 6.45) is 2.19. The maximum absolute atomic E-state index is 11.5. The molecule has 1 unspecified atom stereocenters. The van der Waals surface area contributed by atoms with Crippen LogP contribution in [0.25, 0.3) is 0 Å². The van der Waals surface area contributed by atoms with E-state index in [0.29, 0.717) is 25.1 Å². The average molecular weight is 340 g/mol. The van der Waals surface area contributed by atoms with Gasteiger partial charge in [0.25, 0.3) is 0 Å². The summed E-state index contributed by atoms with van der Waals surface area (Å²) < 4.78 is 0. The van der Waals surface area contributed by atoms with Crippen molar-refractivity contribution in [3.63, 3.8) is 0 Å². The SMILES string of the molecule is CCN(CC)CCCC(C)NC(=NC)NCCN1C(=O)CNC1=O. The third-order valence-electron chi connectivity index (χ3n) is 4.18. The summed E-state index contributed by atoms with van der Waals surface area (Å²) in [6, 6.07) is -0.0157. The van der Waals surface area contributed by atoms with Crippen molar-refractivity contribution in [2.75, 3.05) is 46.3 Å². The van der Waals surface area contributed by atoms with E-state index in [2.05, 4.69) is 46.6 Å². The van der Waals surface area contributed by atoms with Gasteiger partial charge in [-0.15, -0.1) is 0 Å². The second-order valence-electron chi connectivity index (χ2n) is 5.92. The number of nitrogens with one attached hydrogen (secondary N) is 3. The van der Waals surface area contributed by atoms with Crippen molar-refractivity contribution >= 4 is 17.9 Å². The van der Waals surface area contributed by atoms with Crippen molar-refractivity contribution < 1.29 is 9.59 Å². The third-order valence-corrected chi connectivity index (χ3v) is 4.18. The van der Waals surface area contributed by atoms with E-state index in [-0.39, 0.29) is 18.5 Å². The molecule has 1 atom stereocenters. The van der Waals surface area contributed by atoms with E-state index in [9.17, 15) is 9.59 Å². The van der Waals surface area contributed by atoms with E-state index in [0.717, 1.165) is 32.5 Å². The molecule has 0 aromatic heterocycles. The summed E-state index contributed by atoms with van der Waals surface area (Å²) in [5.74, 6) is 0.506. The Morgan fingerprint density at radius 2 is 2.08 bits per heavy atom. The molecule has 1 saturated heterocycles. The largest absolute Gasteiger partial charge is 0.355 e. The molecule has 0 radical (unpaired) electrons. The molecule has 24 heavy (non-hydrogen) atoms. The second-order valence-corrected chi connectivity index (χ2v) is 5.92. The molecule has 0 aromatic carbocycles. The van der Waals surface area contributed by atoms with E-state index in [1.807, 2.05) is 0 Å². The summed E-state index contributed by atoms with van der Waals surface area (Å²) >= 11 is 0. The zero-order chi connectivity index (χ0) is 17.9. The number of nitrogens with zero attached hydrogens (tertiary/aromatic N) is 3. The van der Waals surface area contributed by atoms with Gasteiger partial charge in [-0.05, 0) is 39.4 Å². The summed E-state index contributed by atoms with van der Waals surface area (Å²) in [5, 5.41) is 8.99. The molecule has 3 N–H and O–H groups in total. The van der Waals surface area contributed by atoms with Crippen molar-refractivity contribution in [2.24, 2.45) is 4.99 Å². The highest BCUT2D eigenvalue weighted by atomic mass is 16.2. The summed E-state index contributed by atoms with van der Waals surface area (Å²) in [4.78, 5) is 30.8. The van der Waals surface area contributed by atoms with Crippen molar-refractivity contribution in [3.05, 3.63) is 0 Å². The molecule has 8 nitrogen and oxygen atoms in total. The predicted molar refractivity (Wildman–Crippen MR) is 96.1 cm³/mol. The van der Waals surface area contributed by atoms with Gasteiger partial charge in [0.05, 0.1) is 6.54 Å². The first-order valence-corrected chi connectivity index (χ1v) is 8.79. The predicted octanol–water partition coefficient (Wildman–Crippen LogP) is 0.214. The van der Waals surface area contributed by atoms with Gasteiger partial charge in [-0.3, -0.25) is 14.7 Å². The zero-order valence-electron chi connectivity index (χ0n) is 15.4. The molecule has 1 heterocycles. The van der Waals surface area contributed by atoms with E-state index in [4.69, 9.17) is 0 Å². The van der Waals surface area contributed by atoms with Crippen LogP contribution in [0.5, 0.6) is 0 Å². The van der Waals surface area contributed by atoms with Gasteiger partial charge in [0.1, 0.15) is 0 Å². The summed E-state index contributed by atoms with van der Waals surface area (Å²) in [7, 11) is 1.71. The minimum atomic E-state index is -0.325. The first-order chi connectivity index (χ1) is 11.5. The van der Waals surface area contributed by atoms with Gasteiger partial charge in [0, 0.05) is 26.2 Å². The van der Waals surface area contributed by atoms with Crippen LogP contribution in [0.1, 0.15) is 33.6 Å². The number of urea groups is 1. The van der Waals surface area contributed by atoms with Gasteiger partial charge in [-0.1, -0.05) is 13.8 Å².